The van der Waals surface area contributed by atoms with Gasteiger partial charge in [0.2, 0.25) is 10.0 Å². The summed E-state index contributed by atoms with van der Waals surface area (Å²) in [4.78, 5) is 13.0. The third kappa shape index (κ3) is 4.05. The van der Waals surface area contributed by atoms with Gasteiger partial charge in [0.05, 0.1) is 18.0 Å². The fraction of sp³-hybridized carbons (Fsp3) is 0.381. The minimum absolute atomic E-state index is 0.201. The lowest BCUT2D eigenvalue weighted by Crippen LogP contribution is -2.30. The van der Waals surface area contributed by atoms with Crippen molar-refractivity contribution in [2.24, 2.45) is 0 Å². The number of para-hydroxylation sites is 1. The van der Waals surface area contributed by atoms with Crippen LogP contribution in [0.2, 0.25) is 0 Å². The summed E-state index contributed by atoms with van der Waals surface area (Å²) < 4.78 is 32.7. The molecule has 0 radical (unpaired) electrons. The highest BCUT2D eigenvalue weighted by molar-refractivity contribution is 7.89. The SMILES string of the molecule is COc1ccccc1C(C)NC(=O)c1ccc(C)c(S(=O)(=O)N2CCCC2)c1. The van der Waals surface area contributed by atoms with Gasteiger partial charge in [-0.1, -0.05) is 24.3 Å². The second-order valence-corrected chi connectivity index (χ2v) is 8.93. The van der Waals surface area contributed by atoms with Gasteiger partial charge in [0, 0.05) is 24.2 Å². The maximum absolute atomic E-state index is 12.9. The number of nitrogens with one attached hydrogen (secondary N) is 1. The molecule has 2 aromatic carbocycles. The third-order valence-corrected chi connectivity index (χ3v) is 7.13. The molecule has 0 bridgehead atoms. The van der Waals surface area contributed by atoms with Crippen molar-refractivity contribution in [1.82, 2.24) is 9.62 Å². The highest BCUT2D eigenvalue weighted by Gasteiger charge is 2.29. The fourth-order valence-electron chi connectivity index (χ4n) is 3.47. The Kier molecular flexibility index (Phi) is 6.05. The van der Waals surface area contributed by atoms with Gasteiger partial charge in [-0.15, -0.1) is 0 Å². The molecule has 1 atom stereocenters. The summed E-state index contributed by atoms with van der Waals surface area (Å²) in [6.45, 7) is 4.68. The quantitative estimate of drug-likeness (QED) is 0.805. The molecule has 1 heterocycles. The average Bonchev–Trinajstić information content (AvgIpc) is 3.23. The van der Waals surface area contributed by atoms with Crippen LogP contribution in [0.5, 0.6) is 5.75 Å². The van der Waals surface area contributed by atoms with Crippen LogP contribution in [0.25, 0.3) is 0 Å². The minimum Gasteiger partial charge on any atom is -0.496 e. The van der Waals surface area contributed by atoms with Crippen LogP contribution in [0.1, 0.15) is 47.3 Å². The number of methoxy groups -OCH3 is 1. The largest absolute Gasteiger partial charge is 0.496 e. The van der Waals surface area contributed by atoms with E-state index in [1.807, 2.05) is 31.2 Å². The van der Waals surface area contributed by atoms with Gasteiger partial charge in [0.1, 0.15) is 5.75 Å². The molecule has 0 spiro atoms. The number of carbonyl (C=O) groups excluding carboxylic acids is 1. The minimum atomic E-state index is -3.58. The van der Waals surface area contributed by atoms with Crippen LogP contribution in [0.3, 0.4) is 0 Å². The van der Waals surface area contributed by atoms with Crippen LogP contribution in [0, 0.1) is 6.92 Å². The second kappa shape index (κ2) is 8.32. The summed E-state index contributed by atoms with van der Waals surface area (Å²) in [7, 11) is -2.00. The number of hydrogen-bond donors (Lipinski definition) is 1. The summed E-state index contributed by atoms with van der Waals surface area (Å²) in [6.07, 6.45) is 1.74. The Hall–Kier alpha value is -2.38. The molecule has 28 heavy (non-hydrogen) atoms. The van der Waals surface area contributed by atoms with Crippen LogP contribution >= 0.6 is 0 Å². The molecule has 1 aliphatic rings. The molecule has 1 amide bonds. The Morgan fingerprint density at radius 2 is 1.82 bits per heavy atom. The van der Waals surface area contributed by atoms with E-state index in [0.29, 0.717) is 30.0 Å². The molecule has 1 aliphatic heterocycles. The Balaban J connectivity index is 1.85. The molecule has 0 aliphatic carbocycles. The van der Waals surface area contributed by atoms with E-state index in [4.69, 9.17) is 4.74 Å². The van der Waals surface area contributed by atoms with Crippen molar-refractivity contribution in [3.8, 4) is 5.75 Å². The number of hydrogen-bond acceptors (Lipinski definition) is 4. The molecule has 150 valence electrons. The zero-order valence-corrected chi connectivity index (χ0v) is 17.3. The number of rotatable bonds is 6. The van der Waals surface area contributed by atoms with Gasteiger partial charge >= 0.3 is 0 Å². The molecule has 2 aromatic rings. The van der Waals surface area contributed by atoms with E-state index in [0.717, 1.165) is 18.4 Å². The highest BCUT2D eigenvalue weighted by Crippen LogP contribution is 2.26. The molecule has 1 N–H and O–H groups in total. The topological polar surface area (TPSA) is 75.7 Å². The van der Waals surface area contributed by atoms with Crippen molar-refractivity contribution in [3.63, 3.8) is 0 Å². The third-order valence-electron chi connectivity index (χ3n) is 5.09. The molecular formula is C21H26N2O4S. The smallest absolute Gasteiger partial charge is 0.251 e. The first kappa shape index (κ1) is 20.4. The summed E-state index contributed by atoms with van der Waals surface area (Å²) in [5.74, 6) is 0.368. The predicted molar refractivity (Wildman–Crippen MR) is 108 cm³/mol. The number of aryl methyl sites for hydroxylation is 1. The van der Waals surface area contributed by atoms with Gasteiger partial charge in [-0.3, -0.25) is 4.79 Å². The van der Waals surface area contributed by atoms with Crippen LogP contribution in [-0.4, -0.2) is 38.8 Å². The monoisotopic (exact) mass is 402 g/mol. The van der Waals surface area contributed by atoms with Crippen LogP contribution in [0.15, 0.2) is 47.4 Å². The number of amides is 1. The standard InChI is InChI=1S/C21H26N2O4S/c1-15-10-11-17(14-20(15)28(25,26)23-12-6-7-13-23)21(24)22-16(2)18-8-4-5-9-19(18)27-3/h4-5,8-11,14,16H,6-7,12-13H2,1-3H3,(H,22,24). The molecule has 0 saturated carbocycles. The maximum atomic E-state index is 12.9. The molecule has 7 heteroatoms. The Morgan fingerprint density at radius 1 is 1.14 bits per heavy atom. The number of sulfonamides is 1. The lowest BCUT2D eigenvalue weighted by Gasteiger charge is -2.19. The van der Waals surface area contributed by atoms with Gasteiger partial charge in [-0.05, 0) is 50.5 Å². The lowest BCUT2D eigenvalue weighted by molar-refractivity contribution is 0.0939. The van der Waals surface area contributed by atoms with Gasteiger partial charge in [0.15, 0.2) is 0 Å². The Bertz CT molecular complexity index is 966. The zero-order chi connectivity index (χ0) is 20.3. The molecular weight excluding hydrogens is 376 g/mol. The molecule has 1 unspecified atom stereocenters. The number of ether oxygens (including phenoxy) is 1. The van der Waals surface area contributed by atoms with Crippen molar-refractivity contribution >= 4 is 15.9 Å². The van der Waals surface area contributed by atoms with Gasteiger partial charge in [0.25, 0.3) is 5.91 Å². The van der Waals surface area contributed by atoms with E-state index in [-0.39, 0.29) is 16.8 Å². The Labute approximate surface area is 166 Å². The zero-order valence-electron chi connectivity index (χ0n) is 16.4. The first-order chi connectivity index (χ1) is 13.3. The summed E-state index contributed by atoms with van der Waals surface area (Å²) in [5, 5.41) is 2.93. The second-order valence-electron chi connectivity index (χ2n) is 7.03. The van der Waals surface area contributed by atoms with Crippen molar-refractivity contribution < 1.29 is 17.9 Å². The van der Waals surface area contributed by atoms with Crippen LogP contribution < -0.4 is 10.1 Å². The molecule has 6 nitrogen and oxygen atoms in total. The first-order valence-corrected chi connectivity index (χ1v) is 10.8. The van der Waals surface area contributed by atoms with Crippen molar-refractivity contribution in [2.75, 3.05) is 20.2 Å². The molecule has 1 fully saturated rings. The predicted octanol–water partition coefficient (Wildman–Crippen LogP) is 3.28. The van der Waals surface area contributed by atoms with Gasteiger partial charge in [-0.25, -0.2) is 8.42 Å². The van der Waals surface area contributed by atoms with Gasteiger partial charge in [-0.2, -0.15) is 4.31 Å². The van der Waals surface area contributed by atoms with E-state index in [9.17, 15) is 13.2 Å². The van der Waals surface area contributed by atoms with E-state index in [1.165, 1.54) is 10.4 Å². The van der Waals surface area contributed by atoms with E-state index in [2.05, 4.69) is 5.32 Å². The van der Waals surface area contributed by atoms with Crippen LogP contribution in [0.4, 0.5) is 0 Å². The van der Waals surface area contributed by atoms with Gasteiger partial charge < -0.3 is 10.1 Å². The van der Waals surface area contributed by atoms with E-state index in [1.54, 1.807) is 26.2 Å². The van der Waals surface area contributed by atoms with E-state index < -0.39 is 10.0 Å². The fourth-order valence-corrected chi connectivity index (χ4v) is 5.24. The highest BCUT2D eigenvalue weighted by atomic mass is 32.2. The number of nitrogens with zero attached hydrogens (tertiary/aromatic N) is 1. The van der Waals surface area contributed by atoms with Crippen LogP contribution in [-0.2, 0) is 10.0 Å². The maximum Gasteiger partial charge on any atom is 0.251 e. The molecule has 3 rings (SSSR count). The average molecular weight is 403 g/mol. The molecule has 1 saturated heterocycles. The van der Waals surface area contributed by atoms with Crippen molar-refractivity contribution in [2.45, 2.75) is 37.6 Å². The van der Waals surface area contributed by atoms with Crippen molar-refractivity contribution in [1.29, 1.82) is 0 Å². The van der Waals surface area contributed by atoms with Crippen molar-refractivity contribution in [3.05, 3.63) is 59.2 Å². The summed E-state index contributed by atoms with van der Waals surface area (Å²) in [6, 6.07) is 12.0. The normalized spacial score (nSPS) is 16.0. The molecule has 0 aromatic heterocycles. The van der Waals surface area contributed by atoms with E-state index >= 15 is 0 Å². The lowest BCUT2D eigenvalue weighted by atomic mass is 10.1. The number of carbonyl (C=O) groups is 1. The number of benzene rings is 2. The summed E-state index contributed by atoms with van der Waals surface area (Å²) >= 11 is 0. The first-order valence-electron chi connectivity index (χ1n) is 9.39. The summed E-state index contributed by atoms with van der Waals surface area (Å²) in [5.41, 5.74) is 1.82. The Morgan fingerprint density at radius 3 is 2.50 bits per heavy atom.